The largest absolute Gasteiger partial charge is 0.324 e. The number of amides is 1. The first kappa shape index (κ1) is 18.3. The van der Waals surface area contributed by atoms with Gasteiger partial charge in [0.15, 0.2) is 0 Å². The highest BCUT2D eigenvalue weighted by atomic mass is 32.2. The highest BCUT2D eigenvalue weighted by Crippen LogP contribution is 2.27. The van der Waals surface area contributed by atoms with Gasteiger partial charge in [-0.3, -0.25) is 4.79 Å². The van der Waals surface area contributed by atoms with Crippen LogP contribution in [0, 0.1) is 0 Å². The molecular weight excluding hydrogens is 364 g/mol. The Hall–Kier alpha value is -2.51. The van der Waals surface area contributed by atoms with E-state index >= 15 is 0 Å². The maximum atomic E-state index is 12.3. The van der Waals surface area contributed by atoms with Gasteiger partial charge in [-0.25, -0.2) is 9.67 Å². The Balaban J connectivity index is 1.57. The number of aromatic nitrogens is 3. The summed E-state index contributed by atoms with van der Waals surface area (Å²) in [6, 6.07) is 17.5. The van der Waals surface area contributed by atoms with Crippen molar-refractivity contribution in [3.05, 3.63) is 73.6 Å². The van der Waals surface area contributed by atoms with Crippen LogP contribution in [-0.4, -0.2) is 32.2 Å². The lowest BCUT2D eigenvalue weighted by Crippen LogP contribution is -2.14. The second kappa shape index (κ2) is 9.26. The zero-order valence-electron chi connectivity index (χ0n) is 14.0. The van der Waals surface area contributed by atoms with Gasteiger partial charge in [0.25, 0.3) is 0 Å². The van der Waals surface area contributed by atoms with E-state index in [1.165, 1.54) is 11.8 Å². The smallest absolute Gasteiger partial charge is 0.234 e. The molecule has 1 aromatic heterocycles. The van der Waals surface area contributed by atoms with E-state index in [9.17, 15) is 4.79 Å². The van der Waals surface area contributed by atoms with Gasteiger partial charge in [-0.1, -0.05) is 48.2 Å². The van der Waals surface area contributed by atoms with Crippen molar-refractivity contribution in [1.82, 2.24) is 14.8 Å². The van der Waals surface area contributed by atoms with Crippen LogP contribution in [0.5, 0.6) is 0 Å². The third-order valence-corrected chi connectivity index (χ3v) is 5.26. The molecule has 2 aromatic carbocycles. The molecule has 7 heteroatoms. The number of carbonyl (C=O) groups is 1. The number of nitrogens with zero attached hydrogens (tertiary/aromatic N) is 3. The van der Waals surface area contributed by atoms with Gasteiger partial charge in [0.1, 0.15) is 6.33 Å². The van der Waals surface area contributed by atoms with Gasteiger partial charge in [-0.05, 0) is 24.3 Å². The number of thioether (sulfide) groups is 2. The summed E-state index contributed by atoms with van der Waals surface area (Å²) in [6.45, 7) is 3.73. The number of rotatable bonds is 8. The molecule has 26 heavy (non-hydrogen) atoms. The molecule has 5 nitrogen and oxygen atoms in total. The van der Waals surface area contributed by atoms with E-state index in [1.54, 1.807) is 22.8 Å². The van der Waals surface area contributed by atoms with Crippen molar-refractivity contribution in [2.45, 2.75) is 10.1 Å². The quantitative estimate of drug-likeness (QED) is 0.465. The van der Waals surface area contributed by atoms with Crippen LogP contribution in [0.15, 0.2) is 83.6 Å². The Labute approximate surface area is 160 Å². The molecule has 0 aliphatic carbocycles. The second-order valence-corrected chi connectivity index (χ2v) is 7.24. The van der Waals surface area contributed by atoms with Gasteiger partial charge in [0, 0.05) is 10.6 Å². The third-order valence-electron chi connectivity index (χ3n) is 3.34. The lowest BCUT2D eigenvalue weighted by molar-refractivity contribution is -0.113. The first-order valence-electron chi connectivity index (χ1n) is 7.99. The van der Waals surface area contributed by atoms with Crippen molar-refractivity contribution in [1.29, 1.82) is 0 Å². The van der Waals surface area contributed by atoms with Gasteiger partial charge in [-0.2, -0.15) is 0 Å². The number of para-hydroxylation sites is 2. The first-order valence-corrected chi connectivity index (χ1v) is 9.96. The molecule has 1 N–H and O–H groups in total. The molecule has 0 spiro atoms. The molecule has 0 fully saturated rings. The summed E-state index contributed by atoms with van der Waals surface area (Å²) in [5.74, 6) is 0.958. The summed E-state index contributed by atoms with van der Waals surface area (Å²) in [5.41, 5.74) is 1.75. The molecule has 3 aromatic rings. The van der Waals surface area contributed by atoms with E-state index in [4.69, 9.17) is 0 Å². The SMILES string of the molecule is C=CCSc1ccccc1NC(=O)CSc1ncn(-c2ccccc2)n1. The molecule has 3 rings (SSSR count). The van der Waals surface area contributed by atoms with Gasteiger partial charge >= 0.3 is 0 Å². The fourth-order valence-corrected chi connectivity index (χ4v) is 3.53. The van der Waals surface area contributed by atoms with E-state index in [0.29, 0.717) is 5.16 Å². The molecule has 0 atom stereocenters. The Kier molecular flexibility index (Phi) is 6.51. The van der Waals surface area contributed by atoms with Crippen LogP contribution in [0.2, 0.25) is 0 Å². The van der Waals surface area contributed by atoms with Crippen molar-refractivity contribution in [2.24, 2.45) is 0 Å². The molecule has 1 heterocycles. The summed E-state index contributed by atoms with van der Waals surface area (Å²) in [5, 5.41) is 7.91. The van der Waals surface area contributed by atoms with E-state index in [-0.39, 0.29) is 11.7 Å². The van der Waals surface area contributed by atoms with E-state index in [2.05, 4.69) is 22.0 Å². The zero-order valence-corrected chi connectivity index (χ0v) is 15.7. The van der Waals surface area contributed by atoms with Gasteiger partial charge in [0.05, 0.1) is 17.1 Å². The monoisotopic (exact) mass is 382 g/mol. The average molecular weight is 383 g/mol. The molecule has 132 valence electrons. The standard InChI is InChI=1S/C19H18N4OS2/c1-2-12-25-17-11-7-6-10-16(17)21-18(24)13-26-19-20-14-23(22-19)15-8-4-3-5-9-15/h2-11,14H,1,12-13H2,(H,21,24). The average Bonchev–Trinajstić information content (AvgIpc) is 3.15. The molecule has 0 aliphatic heterocycles. The maximum absolute atomic E-state index is 12.3. The molecular formula is C19H18N4OS2. The molecule has 1 amide bonds. The fraction of sp³-hybridized carbons (Fsp3) is 0.105. The van der Waals surface area contributed by atoms with Crippen LogP contribution in [0.3, 0.4) is 0 Å². The van der Waals surface area contributed by atoms with Gasteiger partial charge in [0.2, 0.25) is 11.1 Å². The Morgan fingerprint density at radius 1 is 1.12 bits per heavy atom. The molecule has 0 unspecified atom stereocenters. The van der Waals surface area contributed by atoms with Crippen LogP contribution in [0.25, 0.3) is 5.69 Å². The van der Waals surface area contributed by atoms with Crippen LogP contribution in [0.1, 0.15) is 0 Å². The lowest BCUT2D eigenvalue weighted by atomic mass is 10.3. The van der Waals surface area contributed by atoms with E-state index < -0.39 is 0 Å². The number of hydrogen-bond acceptors (Lipinski definition) is 5. The van der Waals surface area contributed by atoms with Gasteiger partial charge < -0.3 is 5.32 Å². The van der Waals surface area contributed by atoms with Gasteiger partial charge in [-0.15, -0.1) is 23.4 Å². The van der Waals surface area contributed by atoms with Crippen LogP contribution in [-0.2, 0) is 4.79 Å². The molecule has 0 aliphatic rings. The maximum Gasteiger partial charge on any atom is 0.234 e. The lowest BCUT2D eigenvalue weighted by Gasteiger charge is -2.09. The number of anilines is 1. The summed E-state index contributed by atoms with van der Waals surface area (Å²) < 4.78 is 1.70. The summed E-state index contributed by atoms with van der Waals surface area (Å²) >= 11 is 2.95. The fourth-order valence-electron chi connectivity index (χ4n) is 2.18. The van der Waals surface area contributed by atoms with E-state index in [1.807, 2.05) is 60.7 Å². The van der Waals surface area contributed by atoms with Crippen molar-refractivity contribution in [3.63, 3.8) is 0 Å². The van der Waals surface area contributed by atoms with E-state index in [0.717, 1.165) is 22.0 Å². The number of carbonyl (C=O) groups excluding carboxylic acids is 1. The summed E-state index contributed by atoms with van der Waals surface area (Å²) in [4.78, 5) is 17.5. The molecule has 0 saturated heterocycles. The predicted molar refractivity (Wildman–Crippen MR) is 108 cm³/mol. The van der Waals surface area contributed by atoms with Crippen molar-refractivity contribution in [2.75, 3.05) is 16.8 Å². The normalized spacial score (nSPS) is 10.5. The first-order chi connectivity index (χ1) is 12.8. The van der Waals surface area contributed by atoms with Crippen LogP contribution in [0.4, 0.5) is 5.69 Å². The highest BCUT2D eigenvalue weighted by molar-refractivity contribution is 8.00. The minimum absolute atomic E-state index is 0.0854. The molecule has 0 bridgehead atoms. The Morgan fingerprint density at radius 3 is 2.69 bits per heavy atom. The zero-order chi connectivity index (χ0) is 18.2. The Bertz CT molecular complexity index is 880. The number of benzene rings is 2. The topological polar surface area (TPSA) is 59.8 Å². The van der Waals surface area contributed by atoms with Crippen molar-refractivity contribution in [3.8, 4) is 5.69 Å². The highest BCUT2D eigenvalue weighted by Gasteiger charge is 2.10. The number of hydrogen-bond donors (Lipinski definition) is 1. The van der Waals surface area contributed by atoms with Crippen LogP contribution >= 0.6 is 23.5 Å². The minimum atomic E-state index is -0.0854. The summed E-state index contributed by atoms with van der Waals surface area (Å²) in [7, 11) is 0. The summed E-state index contributed by atoms with van der Waals surface area (Å²) in [6.07, 6.45) is 3.49. The minimum Gasteiger partial charge on any atom is -0.324 e. The Morgan fingerprint density at radius 2 is 1.88 bits per heavy atom. The predicted octanol–water partition coefficient (Wildman–Crippen LogP) is 4.28. The van der Waals surface area contributed by atoms with Crippen molar-refractivity contribution < 1.29 is 4.79 Å². The molecule has 0 radical (unpaired) electrons. The van der Waals surface area contributed by atoms with Crippen LogP contribution < -0.4 is 5.32 Å². The third kappa shape index (κ3) is 5.00. The molecule has 0 saturated carbocycles. The second-order valence-electron chi connectivity index (χ2n) is 5.24. The van der Waals surface area contributed by atoms with Crippen molar-refractivity contribution >= 4 is 35.1 Å². The number of nitrogens with one attached hydrogen (secondary N) is 1.